The summed E-state index contributed by atoms with van der Waals surface area (Å²) in [7, 11) is 0. The number of H-pyrrole nitrogens is 1. The molecule has 5 aromatic rings. The standard InChI is InChI=1S/C32H31FN6O4/c1-19-13-20(25-3-2-4-29(36-25)43-18-23-6-5-22-15-34-37-31(22)30(23)33)9-11-38(19)17-28-35-26-8-7-21(32(40)41)14-27(26)39(28)16-24-10-12-42-24/h2-8,13-15,19,24H,9-12,16-18H2,1H3,(H,34,37)(H,40,41)/t19-,24+/m1/s1. The van der Waals surface area contributed by atoms with Crippen LogP contribution in [0.5, 0.6) is 5.88 Å². The van der Waals surface area contributed by atoms with Gasteiger partial charge in [-0.3, -0.25) is 10.00 Å². The Hall–Kier alpha value is -4.61. The van der Waals surface area contributed by atoms with Gasteiger partial charge >= 0.3 is 5.97 Å². The van der Waals surface area contributed by atoms with Gasteiger partial charge in [0, 0.05) is 36.2 Å². The first-order valence-corrected chi connectivity index (χ1v) is 14.4. The number of aromatic carboxylic acids is 1. The van der Waals surface area contributed by atoms with Gasteiger partial charge in [-0.15, -0.1) is 0 Å². The molecule has 0 bridgehead atoms. The van der Waals surface area contributed by atoms with Crippen LogP contribution in [0.1, 0.15) is 47.2 Å². The number of halogens is 1. The molecule has 7 rings (SSSR count). The second-order valence-electron chi connectivity index (χ2n) is 11.1. The van der Waals surface area contributed by atoms with Gasteiger partial charge in [0.1, 0.15) is 17.9 Å². The van der Waals surface area contributed by atoms with E-state index in [-0.39, 0.29) is 30.1 Å². The number of benzene rings is 2. The molecule has 3 aromatic heterocycles. The highest BCUT2D eigenvalue weighted by Gasteiger charge is 2.26. The molecule has 11 heteroatoms. The molecule has 2 aliphatic rings. The molecule has 2 aromatic carbocycles. The van der Waals surface area contributed by atoms with Crippen LogP contribution in [-0.4, -0.2) is 66.0 Å². The number of carboxylic acid groups (broad SMARTS) is 1. The summed E-state index contributed by atoms with van der Waals surface area (Å²) >= 11 is 0. The normalized spacial score (nSPS) is 19.0. The Morgan fingerprint density at radius 1 is 1.21 bits per heavy atom. The minimum Gasteiger partial charge on any atom is -0.478 e. The van der Waals surface area contributed by atoms with Gasteiger partial charge in [-0.25, -0.2) is 19.2 Å². The van der Waals surface area contributed by atoms with Crippen LogP contribution in [0, 0.1) is 5.82 Å². The molecule has 220 valence electrons. The zero-order valence-electron chi connectivity index (χ0n) is 23.7. The van der Waals surface area contributed by atoms with Crippen LogP contribution >= 0.6 is 0 Å². The summed E-state index contributed by atoms with van der Waals surface area (Å²) in [4.78, 5) is 23.6. The number of imidazole rings is 1. The monoisotopic (exact) mass is 582 g/mol. The van der Waals surface area contributed by atoms with Crippen molar-refractivity contribution in [1.82, 2.24) is 29.6 Å². The predicted octanol–water partition coefficient (Wildman–Crippen LogP) is 5.19. The molecule has 0 unspecified atom stereocenters. The van der Waals surface area contributed by atoms with Crippen molar-refractivity contribution in [2.24, 2.45) is 0 Å². The van der Waals surface area contributed by atoms with Crippen molar-refractivity contribution in [3.8, 4) is 5.88 Å². The molecule has 43 heavy (non-hydrogen) atoms. The second-order valence-corrected chi connectivity index (χ2v) is 11.1. The molecule has 0 saturated carbocycles. The first kappa shape index (κ1) is 27.2. The highest BCUT2D eigenvalue weighted by atomic mass is 19.1. The highest BCUT2D eigenvalue weighted by molar-refractivity contribution is 5.92. The maximum Gasteiger partial charge on any atom is 0.335 e. The molecule has 2 N–H and O–H groups in total. The predicted molar refractivity (Wildman–Crippen MR) is 158 cm³/mol. The number of carboxylic acids is 1. The van der Waals surface area contributed by atoms with Crippen molar-refractivity contribution in [3.63, 3.8) is 0 Å². The molecule has 0 amide bonds. The summed E-state index contributed by atoms with van der Waals surface area (Å²) in [5.74, 6) is 0.00600. The van der Waals surface area contributed by atoms with E-state index in [0.717, 1.165) is 54.1 Å². The summed E-state index contributed by atoms with van der Waals surface area (Å²) in [6, 6.07) is 14.4. The lowest BCUT2D eigenvalue weighted by Crippen LogP contribution is -2.37. The summed E-state index contributed by atoms with van der Waals surface area (Å²) in [5.41, 5.74) is 4.61. The van der Waals surface area contributed by atoms with Crippen molar-refractivity contribution in [2.75, 3.05) is 13.2 Å². The fourth-order valence-electron chi connectivity index (χ4n) is 5.79. The lowest BCUT2D eigenvalue weighted by Gasteiger charge is -2.33. The van der Waals surface area contributed by atoms with Crippen LogP contribution in [-0.2, 0) is 24.4 Å². The van der Waals surface area contributed by atoms with Gasteiger partial charge in [-0.05, 0) is 49.6 Å². The molecular weight excluding hydrogens is 551 g/mol. The molecule has 1 fully saturated rings. The summed E-state index contributed by atoms with van der Waals surface area (Å²) < 4.78 is 28.5. The Labute approximate surface area is 246 Å². The van der Waals surface area contributed by atoms with Crippen LogP contribution in [0.4, 0.5) is 4.39 Å². The van der Waals surface area contributed by atoms with Crippen LogP contribution in [0.25, 0.3) is 27.5 Å². The summed E-state index contributed by atoms with van der Waals surface area (Å²) in [6.07, 6.45) is 5.69. The smallest absolute Gasteiger partial charge is 0.335 e. The number of nitrogens with one attached hydrogen (secondary N) is 1. The second kappa shape index (κ2) is 11.2. The number of aromatic nitrogens is 5. The maximum absolute atomic E-state index is 14.8. The molecule has 1 saturated heterocycles. The van der Waals surface area contributed by atoms with E-state index in [9.17, 15) is 14.3 Å². The molecular formula is C32H31FN6O4. The highest BCUT2D eigenvalue weighted by Crippen LogP contribution is 2.29. The van der Waals surface area contributed by atoms with E-state index in [0.29, 0.717) is 35.4 Å². The lowest BCUT2D eigenvalue weighted by molar-refractivity contribution is -0.0592. The Morgan fingerprint density at radius 3 is 2.88 bits per heavy atom. The van der Waals surface area contributed by atoms with Gasteiger partial charge in [0.25, 0.3) is 0 Å². The summed E-state index contributed by atoms with van der Waals surface area (Å²) in [5, 5.41) is 16.8. The third kappa shape index (κ3) is 5.37. The SMILES string of the molecule is C[C@@H]1C=C(c2cccc(OCc3ccc4cn[nH]c4c3F)n2)CCN1Cc1nc2ccc(C(=O)O)cc2n1C[C@@H]1CCO1. The van der Waals surface area contributed by atoms with Gasteiger partial charge < -0.3 is 19.1 Å². The van der Waals surface area contributed by atoms with Crippen LogP contribution in [0.2, 0.25) is 0 Å². The number of rotatable bonds is 9. The Balaban J connectivity index is 1.07. The third-order valence-corrected chi connectivity index (χ3v) is 8.35. The van der Waals surface area contributed by atoms with E-state index in [1.807, 2.05) is 18.2 Å². The zero-order chi connectivity index (χ0) is 29.5. The van der Waals surface area contributed by atoms with Gasteiger partial charge in [0.2, 0.25) is 5.88 Å². The quantitative estimate of drug-likeness (QED) is 0.244. The number of ether oxygens (including phenoxy) is 2. The molecule has 2 atom stereocenters. The van der Waals surface area contributed by atoms with E-state index in [4.69, 9.17) is 19.4 Å². The van der Waals surface area contributed by atoms with Crippen molar-refractivity contribution in [2.45, 2.75) is 51.6 Å². The van der Waals surface area contributed by atoms with E-state index < -0.39 is 5.97 Å². The van der Waals surface area contributed by atoms with E-state index in [1.54, 1.807) is 36.5 Å². The number of pyridine rings is 1. The first-order valence-electron chi connectivity index (χ1n) is 14.4. The van der Waals surface area contributed by atoms with Gasteiger partial charge in [0.05, 0.1) is 47.7 Å². The van der Waals surface area contributed by atoms with Crippen molar-refractivity contribution >= 4 is 33.5 Å². The Kier molecular flexibility index (Phi) is 7.12. The largest absolute Gasteiger partial charge is 0.478 e. The average Bonchev–Trinajstić information content (AvgIpc) is 3.60. The molecule has 10 nitrogen and oxygen atoms in total. The van der Waals surface area contributed by atoms with E-state index in [1.165, 1.54) is 0 Å². The minimum atomic E-state index is -0.954. The zero-order valence-corrected chi connectivity index (χ0v) is 23.7. The minimum absolute atomic E-state index is 0.0569. The van der Waals surface area contributed by atoms with Crippen molar-refractivity contribution < 1.29 is 23.8 Å². The van der Waals surface area contributed by atoms with Crippen molar-refractivity contribution in [3.05, 3.63) is 89.3 Å². The number of carbonyl (C=O) groups is 1. The van der Waals surface area contributed by atoms with Crippen LogP contribution in [0.15, 0.2) is 60.8 Å². The maximum atomic E-state index is 14.8. The first-order chi connectivity index (χ1) is 20.9. The molecule has 0 radical (unpaired) electrons. The van der Waals surface area contributed by atoms with Gasteiger partial charge in [-0.2, -0.15) is 5.10 Å². The lowest BCUT2D eigenvalue weighted by atomic mass is 10.00. The van der Waals surface area contributed by atoms with Crippen LogP contribution < -0.4 is 4.74 Å². The number of aromatic amines is 1. The number of fused-ring (bicyclic) bond motifs is 2. The number of hydrogen-bond acceptors (Lipinski definition) is 7. The van der Waals surface area contributed by atoms with E-state index in [2.05, 4.69) is 32.7 Å². The molecule has 5 heterocycles. The summed E-state index contributed by atoms with van der Waals surface area (Å²) in [6.45, 7) is 5.03. The van der Waals surface area contributed by atoms with Gasteiger partial charge in [-0.1, -0.05) is 24.3 Å². The fraction of sp³-hybridized carbons (Fsp3) is 0.312. The third-order valence-electron chi connectivity index (χ3n) is 8.35. The van der Waals surface area contributed by atoms with Gasteiger partial charge in [0.15, 0.2) is 5.82 Å². The topological polar surface area (TPSA) is 118 Å². The van der Waals surface area contributed by atoms with Crippen molar-refractivity contribution in [1.29, 1.82) is 0 Å². The number of nitrogens with zero attached hydrogens (tertiary/aromatic N) is 5. The van der Waals surface area contributed by atoms with Crippen LogP contribution in [0.3, 0.4) is 0 Å². The average molecular weight is 583 g/mol. The molecule has 0 spiro atoms. The molecule has 0 aliphatic carbocycles. The Morgan fingerprint density at radius 2 is 2.09 bits per heavy atom. The Bertz CT molecular complexity index is 1860. The van der Waals surface area contributed by atoms with E-state index >= 15 is 0 Å². The fourth-order valence-corrected chi connectivity index (χ4v) is 5.79. The number of hydrogen-bond donors (Lipinski definition) is 2. The molecule has 2 aliphatic heterocycles.